The summed E-state index contributed by atoms with van der Waals surface area (Å²) >= 11 is 0. The van der Waals surface area contributed by atoms with Crippen molar-refractivity contribution in [1.29, 1.82) is 0 Å². The van der Waals surface area contributed by atoms with E-state index >= 15 is 0 Å². The lowest BCUT2D eigenvalue weighted by Crippen LogP contribution is -2.59. The van der Waals surface area contributed by atoms with Gasteiger partial charge in [-0.3, -0.25) is 28.8 Å². The molecule has 0 saturated carbocycles. The number of rotatable bonds is 20. The van der Waals surface area contributed by atoms with Gasteiger partial charge in [-0.15, -0.1) is 0 Å². The van der Waals surface area contributed by atoms with Crippen molar-refractivity contribution in [3.05, 3.63) is 35.9 Å². The van der Waals surface area contributed by atoms with E-state index < -0.39 is 65.8 Å². The Balaban J connectivity index is 3.20. The standard InChI is InChI=1S/C29H46N6O8/c1-17(2)15-22(34-25(38)20(31)12-13-24(36)37)27(40)35-23(16-19-9-5-4-6-10-19)28(41)33-21(11-7-8-14-30)26(39)32-18(3)29(42)43/h4-6,9-10,17-18,20-23H,7-8,11-16,30-31H2,1-3H3,(H,32,39)(H,33,41)(H,34,38)(H,35,40)(H,36,37)(H,42,43)/t18-,20-,21-,22-,23-/m0/s1. The third-order valence-corrected chi connectivity index (χ3v) is 6.57. The summed E-state index contributed by atoms with van der Waals surface area (Å²) in [5.74, 6) is -5.12. The van der Waals surface area contributed by atoms with Gasteiger partial charge in [-0.1, -0.05) is 44.2 Å². The van der Waals surface area contributed by atoms with Crippen molar-refractivity contribution in [2.45, 2.75) is 95.9 Å². The third kappa shape index (κ3) is 14.6. The number of hydrogen-bond acceptors (Lipinski definition) is 8. The van der Waals surface area contributed by atoms with Crippen LogP contribution in [0, 0.1) is 5.92 Å². The molecule has 14 nitrogen and oxygen atoms in total. The van der Waals surface area contributed by atoms with Gasteiger partial charge in [0.25, 0.3) is 0 Å². The molecular formula is C29H46N6O8. The Morgan fingerprint density at radius 3 is 1.86 bits per heavy atom. The van der Waals surface area contributed by atoms with Gasteiger partial charge in [0, 0.05) is 12.8 Å². The molecule has 10 N–H and O–H groups in total. The zero-order chi connectivity index (χ0) is 32.5. The molecule has 14 heteroatoms. The second-order valence-electron chi connectivity index (χ2n) is 10.9. The Bertz CT molecular complexity index is 1080. The van der Waals surface area contributed by atoms with Crippen LogP contribution < -0.4 is 32.7 Å². The summed E-state index contributed by atoms with van der Waals surface area (Å²) in [5.41, 5.74) is 12.1. The lowest BCUT2D eigenvalue weighted by molar-refractivity contribution is -0.142. The van der Waals surface area contributed by atoms with E-state index in [-0.39, 0.29) is 38.0 Å². The Hall–Kier alpha value is -4.04. The highest BCUT2D eigenvalue weighted by atomic mass is 16.4. The van der Waals surface area contributed by atoms with Crippen molar-refractivity contribution in [1.82, 2.24) is 21.3 Å². The zero-order valence-electron chi connectivity index (χ0n) is 25.0. The second-order valence-corrected chi connectivity index (χ2v) is 10.9. The number of carbonyl (C=O) groups excluding carboxylic acids is 4. The fourth-order valence-corrected chi connectivity index (χ4v) is 4.13. The molecule has 0 saturated heterocycles. The first-order valence-electron chi connectivity index (χ1n) is 14.4. The van der Waals surface area contributed by atoms with Gasteiger partial charge in [0.05, 0.1) is 6.04 Å². The van der Waals surface area contributed by atoms with E-state index in [1.54, 1.807) is 30.3 Å². The van der Waals surface area contributed by atoms with E-state index in [2.05, 4.69) is 21.3 Å². The number of hydrogen-bond donors (Lipinski definition) is 8. The Morgan fingerprint density at radius 2 is 1.30 bits per heavy atom. The Labute approximate surface area is 251 Å². The molecule has 5 atom stereocenters. The van der Waals surface area contributed by atoms with Crippen LogP contribution in [-0.4, -0.2) is 82.5 Å². The number of nitrogens with two attached hydrogens (primary N) is 2. The quantitative estimate of drug-likeness (QED) is 0.0896. The zero-order valence-corrected chi connectivity index (χ0v) is 25.0. The molecule has 240 valence electrons. The average molecular weight is 607 g/mol. The van der Waals surface area contributed by atoms with E-state index in [4.69, 9.17) is 16.6 Å². The van der Waals surface area contributed by atoms with E-state index in [1.165, 1.54) is 6.92 Å². The smallest absolute Gasteiger partial charge is 0.325 e. The predicted molar refractivity (Wildman–Crippen MR) is 158 cm³/mol. The summed E-state index contributed by atoms with van der Waals surface area (Å²) in [6.07, 6.45) is 1.07. The monoisotopic (exact) mass is 606 g/mol. The van der Waals surface area contributed by atoms with Gasteiger partial charge in [-0.25, -0.2) is 0 Å². The molecule has 0 spiro atoms. The summed E-state index contributed by atoms with van der Waals surface area (Å²) in [6, 6.07) is 3.19. The molecule has 0 aliphatic carbocycles. The van der Waals surface area contributed by atoms with Crippen LogP contribution in [0.2, 0.25) is 0 Å². The summed E-state index contributed by atoms with van der Waals surface area (Å²) < 4.78 is 0. The number of carbonyl (C=O) groups is 6. The molecule has 0 unspecified atom stereocenters. The van der Waals surface area contributed by atoms with Crippen molar-refractivity contribution < 1.29 is 39.0 Å². The van der Waals surface area contributed by atoms with Crippen LogP contribution in [0.1, 0.15) is 64.9 Å². The molecule has 0 aliphatic heterocycles. The first-order chi connectivity index (χ1) is 20.2. The maximum Gasteiger partial charge on any atom is 0.325 e. The SMILES string of the molecule is CC(C)C[C@H](NC(=O)[C@@H](N)CCC(=O)O)C(=O)N[C@@H](Cc1ccccc1)C(=O)N[C@@H](CCCCN)C(=O)N[C@@H](C)C(=O)O. The number of nitrogens with one attached hydrogen (secondary N) is 4. The van der Waals surface area contributed by atoms with Crippen LogP contribution in [0.25, 0.3) is 0 Å². The molecule has 0 heterocycles. The summed E-state index contributed by atoms with van der Waals surface area (Å²) in [6.45, 7) is 5.35. The molecular weight excluding hydrogens is 560 g/mol. The first kappa shape index (κ1) is 37.0. The number of carboxylic acid groups (broad SMARTS) is 2. The molecule has 1 rings (SSSR count). The van der Waals surface area contributed by atoms with Gasteiger partial charge in [-0.2, -0.15) is 0 Å². The molecule has 4 amide bonds. The van der Waals surface area contributed by atoms with Gasteiger partial charge >= 0.3 is 11.9 Å². The van der Waals surface area contributed by atoms with Crippen molar-refractivity contribution in [3.8, 4) is 0 Å². The maximum absolute atomic E-state index is 13.6. The number of benzene rings is 1. The highest BCUT2D eigenvalue weighted by molar-refractivity contribution is 5.95. The maximum atomic E-state index is 13.6. The number of unbranched alkanes of at least 4 members (excludes halogenated alkanes) is 1. The molecule has 0 radical (unpaired) electrons. The largest absolute Gasteiger partial charge is 0.481 e. The fraction of sp³-hybridized carbons (Fsp3) is 0.586. The first-order valence-corrected chi connectivity index (χ1v) is 14.4. The Morgan fingerprint density at radius 1 is 0.744 bits per heavy atom. The summed E-state index contributed by atoms with van der Waals surface area (Å²) in [7, 11) is 0. The highest BCUT2D eigenvalue weighted by Crippen LogP contribution is 2.10. The molecule has 43 heavy (non-hydrogen) atoms. The van der Waals surface area contributed by atoms with Crippen molar-refractivity contribution >= 4 is 35.6 Å². The highest BCUT2D eigenvalue weighted by Gasteiger charge is 2.31. The topological polar surface area (TPSA) is 243 Å². The minimum atomic E-state index is -1.24. The van der Waals surface area contributed by atoms with Gasteiger partial charge in [-0.05, 0) is 57.1 Å². The van der Waals surface area contributed by atoms with Gasteiger partial charge < -0.3 is 42.9 Å². The molecule has 0 aliphatic rings. The van der Waals surface area contributed by atoms with Crippen molar-refractivity contribution in [2.24, 2.45) is 17.4 Å². The average Bonchev–Trinajstić information content (AvgIpc) is 2.94. The third-order valence-electron chi connectivity index (χ3n) is 6.57. The van der Waals surface area contributed by atoms with Crippen LogP contribution in [0.15, 0.2) is 30.3 Å². The van der Waals surface area contributed by atoms with Crippen LogP contribution in [0.4, 0.5) is 0 Å². The van der Waals surface area contributed by atoms with Crippen molar-refractivity contribution in [2.75, 3.05) is 6.54 Å². The predicted octanol–water partition coefficient (Wildman–Crippen LogP) is -0.360. The second kappa shape index (κ2) is 19.2. The van der Waals surface area contributed by atoms with Gasteiger partial charge in [0.15, 0.2) is 0 Å². The van der Waals surface area contributed by atoms with E-state index in [9.17, 15) is 33.9 Å². The normalized spacial score (nSPS) is 14.5. The van der Waals surface area contributed by atoms with E-state index in [0.717, 1.165) is 0 Å². The molecule has 0 fully saturated rings. The lowest BCUT2D eigenvalue weighted by Gasteiger charge is -2.27. The summed E-state index contributed by atoms with van der Waals surface area (Å²) in [4.78, 5) is 74.7. The summed E-state index contributed by atoms with van der Waals surface area (Å²) in [5, 5.41) is 28.4. The van der Waals surface area contributed by atoms with E-state index in [1.807, 2.05) is 13.8 Å². The van der Waals surface area contributed by atoms with Gasteiger partial charge in [0.1, 0.15) is 24.2 Å². The number of aliphatic carboxylic acids is 2. The number of carboxylic acids is 2. The molecule has 1 aromatic carbocycles. The lowest BCUT2D eigenvalue weighted by atomic mass is 10.00. The number of amides is 4. The van der Waals surface area contributed by atoms with Crippen LogP contribution in [0.5, 0.6) is 0 Å². The Kier molecular flexibility index (Phi) is 16.5. The van der Waals surface area contributed by atoms with Crippen LogP contribution in [-0.2, 0) is 35.2 Å². The molecule has 0 aromatic heterocycles. The van der Waals surface area contributed by atoms with Crippen molar-refractivity contribution in [3.63, 3.8) is 0 Å². The van der Waals surface area contributed by atoms with Crippen LogP contribution >= 0.6 is 0 Å². The minimum absolute atomic E-state index is 0.0421. The molecule has 0 bridgehead atoms. The molecule has 1 aromatic rings. The minimum Gasteiger partial charge on any atom is -0.481 e. The van der Waals surface area contributed by atoms with Crippen LogP contribution in [0.3, 0.4) is 0 Å². The van der Waals surface area contributed by atoms with Gasteiger partial charge in [0.2, 0.25) is 23.6 Å². The fourth-order valence-electron chi connectivity index (χ4n) is 4.13. The van der Waals surface area contributed by atoms with E-state index in [0.29, 0.717) is 24.9 Å².